The van der Waals surface area contributed by atoms with E-state index in [9.17, 15) is 5.11 Å². The highest BCUT2D eigenvalue weighted by atomic mass is 16.3. The van der Waals surface area contributed by atoms with E-state index >= 15 is 0 Å². The molecule has 14 heavy (non-hydrogen) atoms. The largest absolute Gasteiger partial charge is 0.507 e. The molecule has 1 atom stereocenters. The van der Waals surface area contributed by atoms with Gasteiger partial charge in [0.25, 0.3) is 0 Å². The number of aliphatic hydroxyl groups is 1. The highest BCUT2D eigenvalue weighted by Gasteiger charge is 2.08. The second kappa shape index (κ2) is 4.61. The molecule has 0 saturated heterocycles. The van der Waals surface area contributed by atoms with Crippen molar-refractivity contribution >= 4 is 0 Å². The number of hydrogen-bond acceptors (Lipinski definition) is 4. The van der Waals surface area contributed by atoms with Crippen molar-refractivity contribution in [1.82, 2.24) is 0 Å². The van der Waals surface area contributed by atoms with E-state index in [2.05, 4.69) is 0 Å². The van der Waals surface area contributed by atoms with Crippen molar-refractivity contribution < 1.29 is 10.2 Å². The Kier molecular flexibility index (Phi) is 3.46. The number of nitrogens with zero attached hydrogens (tertiary/aromatic N) is 1. The minimum absolute atomic E-state index is 0.00390. The number of rotatable bonds is 3. The summed E-state index contributed by atoms with van der Waals surface area (Å²) in [6.07, 6.45) is 0.440. The van der Waals surface area contributed by atoms with Gasteiger partial charge < -0.3 is 15.9 Å². The van der Waals surface area contributed by atoms with Crippen LogP contribution in [-0.4, -0.2) is 16.8 Å². The summed E-state index contributed by atoms with van der Waals surface area (Å²) in [5.74, 6) is -0.0487. The van der Waals surface area contributed by atoms with Gasteiger partial charge in [-0.3, -0.25) is 0 Å². The first-order valence-electron chi connectivity index (χ1n) is 4.28. The molecule has 4 heteroatoms. The molecule has 0 aliphatic rings. The molecule has 4 nitrogen and oxygen atoms in total. The van der Waals surface area contributed by atoms with Gasteiger partial charge in [-0.25, -0.2) is 0 Å². The Morgan fingerprint density at radius 2 is 2.21 bits per heavy atom. The normalized spacial score (nSPS) is 12.1. The minimum Gasteiger partial charge on any atom is -0.507 e. The molecule has 1 aromatic carbocycles. The van der Waals surface area contributed by atoms with E-state index in [0.717, 1.165) is 5.56 Å². The van der Waals surface area contributed by atoms with E-state index in [1.54, 1.807) is 6.07 Å². The van der Waals surface area contributed by atoms with Crippen LogP contribution in [0.1, 0.15) is 23.6 Å². The lowest BCUT2D eigenvalue weighted by atomic mass is 10.0. The van der Waals surface area contributed by atoms with Crippen LogP contribution >= 0.6 is 0 Å². The maximum absolute atomic E-state index is 9.23. The molecule has 0 radical (unpaired) electrons. The van der Waals surface area contributed by atoms with Gasteiger partial charge in [-0.2, -0.15) is 5.26 Å². The van der Waals surface area contributed by atoms with Gasteiger partial charge in [-0.05, 0) is 24.1 Å². The van der Waals surface area contributed by atoms with Gasteiger partial charge >= 0.3 is 0 Å². The minimum atomic E-state index is -0.298. The van der Waals surface area contributed by atoms with Crippen molar-refractivity contribution in [2.45, 2.75) is 12.5 Å². The lowest BCUT2D eigenvalue weighted by Crippen LogP contribution is -2.11. The van der Waals surface area contributed by atoms with Crippen LogP contribution in [0.2, 0.25) is 0 Å². The summed E-state index contributed by atoms with van der Waals surface area (Å²) in [6.45, 7) is 0.00390. The first kappa shape index (κ1) is 10.5. The molecule has 1 aromatic rings. The van der Waals surface area contributed by atoms with Crippen molar-refractivity contribution in [3.63, 3.8) is 0 Å². The van der Waals surface area contributed by atoms with Gasteiger partial charge in [0, 0.05) is 12.6 Å². The first-order chi connectivity index (χ1) is 6.69. The van der Waals surface area contributed by atoms with Crippen LogP contribution in [0.3, 0.4) is 0 Å². The van der Waals surface area contributed by atoms with E-state index in [0.29, 0.717) is 6.42 Å². The predicted octanol–water partition coefficient (Wildman–Crippen LogP) is 0.646. The summed E-state index contributed by atoms with van der Waals surface area (Å²) in [5.41, 5.74) is 6.68. The van der Waals surface area contributed by atoms with E-state index in [1.807, 2.05) is 6.07 Å². The van der Waals surface area contributed by atoms with Gasteiger partial charge in [0.1, 0.15) is 11.8 Å². The Hall–Kier alpha value is -1.57. The maximum Gasteiger partial charge on any atom is 0.133 e. The molecule has 0 saturated carbocycles. The fraction of sp³-hybridized carbons (Fsp3) is 0.300. The molecule has 4 N–H and O–H groups in total. The molecule has 74 valence electrons. The Morgan fingerprint density at radius 1 is 1.50 bits per heavy atom. The summed E-state index contributed by atoms with van der Waals surface area (Å²) in [7, 11) is 0. The number of benzene rings is 1. The van der Waals surface area contributed by atoms with Crippen molar-refractivity contribution in [3.8, 4) is 11.8 Å². The lowest BCUT2D eigenvalue weighted by Gasteiger charge is -2.10. The molecule has 0 spiro atoms. The average molecular weight is 192 g/mol. The molecule has 0 aliphatic carbocycles. The third-order valence-electron chi connectivity index (χ3n) is 2.01. The zero-order valence-corrected chi connectivity index (χ0v) is 7.64. The third-order valence-corrected chi connectivity index (χ3v) is 2.01. The Labute approximate surface area is 82.2 Å². The van der Waals surface area contributed by atoms with E-state index in [-0.39, 0.29) is 24.0 Å². The number of nitriles is 1. The Balaban J connectivity index is 2.95. The number of hydrogen-bond donors (Lipinski definition) is 3. The van der Waals surface area contributed by atoms with Gasteiger partial charge in [-0.15, -0.1) is 0 Å². The fourth-order valence-corrected chi connectivity index (χ4v) is 1.18. The van der Waals surface area contributed by atoms with Crippen molar-refractivity contribution in [2.24, 2.45) is 5.73 Å². The molecule has 0 aromatic heterocycles. The highest BCUT2D eigenvalue weighted by Crippen LogP contribution is 2.21. The maximum atomic E-state index is 9.23. The first-order valence-corrected chi connectivity index (χ1v) is 4.28. The lowest BCUT2D eigenvalue weighted by molar-refractivity contribution is 0.276. The molecule has 0 amide bonds. The van der Waals surface area contributed by atoms with Crippen LogP contribution in [0.4, 0.5) is 0 Å². The van der Waals surface area contributed by atoms with Crippen LogP contribution in [0.25, 0.3) is 0 Å². The molecule has 0 bridgehead atoms. The topological polar surface area (TPSA) is 90.3 Å². The summed E-state index contributed by atoms with van der Waals surface area (Å²) < 4.78 is 0. The van der Waals surface area contributed by atoms with Crippen LogP contribution in [0.5, 0.6) is 5.75 Å². The van der Waals surface area contributed by atoms with E-state index in [4.69, 9.17) is 16.1 Å². The zero-order valence-electron chi connectivity index (χ0n) is 7.64. The average Bonchev–Trinajstić information content (AvgIpc) is 2.19. The van der Waals surface area contributed by atoms with Crippen LogP contribution in [0.15, 0.2) is 18.2 Å². The van der Waals surface area contributed by atoms with E-state index < -0.39 is 0 Å². The van der Waals surface area contributed by atoms with Gasteiger partial charge in [0.05, 0.1) is 5.56 Å². The summed E-state index contributed by atoms with van der Waals surface area (Å²) in [4.78, 5) is 0. The molecule has 1 rings (SSSR count). The summed E-state index contributed by atoms with van der Waals surface area (Å²) >= 11 is 0. The van der Waals surface area contributed by atoms with Crippen LogP contribution in [-0.2, 0) is 0 Å². The molecule has 0 aliphatic heterocycles. The second-order valence-electron chi connectivity index (χ2n) is 3.01. The summed E-state index contributed by atoms with van der Waals surface area (Å²) in [6, 6.07) is 6.19. The van der Waals surface area contributed by atoms with Crippen LogP contribution < -0.4 is 5.73 Å². The fourth-order valence-electron chi connectivity index (χ4n) is 1.18. The molecule has 0 heterocycles. The van der Waals surface area contributed by atoms with Gasteiger partial charge in [0.15, 0.2) is 0 Å². The molecular weight excluding hydrogens is 180 g/mol. The molecule has 0 unspecified atom stereocenters. The Morgan fingerprint density at radius 3 is 2.79 bits per heavy atom. The summed E-state index contributed by atoms with van der Waals surface area (Å²) in [5, 5.41) is 26.6. The number of phenols is 1. The highest BCUT2D eigenvalue weighted by molar-refractivity contribution is 5.45. The predicted molar refractivity (Wildman–Crippen MR) is 51.5 cm³/mol. The van der Waals surface area contributed by atoms with E-state index in [1.165, 1.54) is 12.1 Å². The number of aromatic hydroxyl groups is 1. The number of phenolic OH excluding ortho intramolecular Hbond substituents is 1. The standard InChI is InChI=1S/C10H12N2O2/c11-6-8-5-7(1-2-10(8)14)9(12)3-4-13/h1-2,5,9,13-14H,3-4,12H2/t9-/m0/s1. The van der Waals surface area contributed by atoms with Gasteiger partial charge in [0.2, 0.25) is 0 Å². The van der Waals surface area contributed by atoms with Gasteiger partial charge in [-0.1, -0.05) is 6.07 Å². The number of nitrogens with two attached hydrogens (primary N) is 1. The second-order valence-corrected chi connectivity index (χ2v) is 3.01. The van der Waals surface area contributed by atoms with Crippen LogP contribution in [0, 0.1) is 11.3 Å². The SMILES string of the molecule is N#Cc1cc([C@@H](N)CCO)ccc1O. The molecule has 0 fully saturated rings. The monoisotopic (exact) mass is 192 g/mol. The van der Waals surface area contributed by atoms with Crippen molar-refractivity contribution in [1.29, 1.82) is 5.26 Å². The quantitative estimate of drug-likeness (QED) is 0.655. The number of aliphatic hydroxyl groups excluding tert-OH is 1. The molecular formula is C10H12N2O2. The third kappa shape index (κ3) is 2.22. The Bertz CT molecular complexity index is 358. The van der Waals surface area contributed by atoms with Crippen molar-refractivity contribution in [3.05, 3.63) is 29.3 Å². The van der Waals surface area contributed by atoms with Crippen molar-refractivity contribution in [2.75, 3.05) is 6.61 Å². The smallest absolute Gasteiger partial charge is 0.133 e. The zero-order chi connectivity index (χ0) is 10.6.